The minimum absolute atomic E-state index is 0.155. The quantitative estimate of drug-likeness (QED) is 0.834. The second-order valence-electron chi connectivity index (χ2n) is 5.36. The first kappa shape index (κ1) is 18.8. The van der Waals surface area contributed by atoms with Gasteiger partial charge in [0.15, 0.2) is 0 Å². The third-order valence-electron chi connectivity index (χ3n) is 3.62. The Labute approximate surface area is 138 Å². The number of rotatable bonds is 3. The molecule has 0 saturated heterocycles. The summed E-state index contributed by atoms with van der Waals surface area (Å²) in [4.78, 5) is 14.9. The number of benzene rings is 1. The summed E-state index contributed by atoms with van der Waals surface area (Å²) in [6.45, 7) is 3.23. The molecule has 1 aromatic heterocycles. The van der Waals surface area contributed by atoms with E-state index >= 15 is 0 Å². The lowest BCUT2D eigenvalue weighted by molar-refractivity contribution is -0.167. The van der Waals surface area contributed by atoms with Gasteiger partial charge in [0.05, 0.1) is 17.6 Å². The van der Waals surface area contributed by atoms with Gasteiger partial charge < -0.3 is 9.88 Å². The van der Waals surface area contributed by atoms with E-state index in [0.29, 0.717) is 17.5 Å². The highest BCUT2D eigenvalue weighted by atomic mass is 19.4. The first-order valence-corrected chi connectivity index (χ1v) is 6.96. The van der Waals surface area contributed by atoms with Gasteiger partial charge in [-0.05, 0) is 31.5 Å². The molecule has 0 spiro atoms. The maximum Gasteiger partial charge on any atom is 0.471 e. The Bertz CT molecular complexity index is 792. The Balaban J connectivity index is 2.38. The summed E-state index contributed by atoms with van der Waals surface area (Å²) >= 11 is 0. The molecule has 1 aromatic carbocycles. The fourth-order valence-corrected chi connectivity index (χ4v) is 2.15. The summed E-state index contributed by atoms with van der Waals surface area (Å²) in [5.41, 5.74) is -0.543. The number of aryl methyl sites for hydroxylation is 1. The van der Waals surface area contributed by atoms with E-state index in [2.05, 4.69) is 4.98 Å². The average Bonchev–Trinajstić information content (AvgIpc) is 2.78. The molecule has 0 saturated carbocycles. The SMILES string of the molecule is Cc1ncn(Cc2ccc(NC(=O)C(F)(F)F)cc2C(F)(F)F)c1C. The molecule has 25 heavy (non-hydrogen) atoms. The van der Waals surface area contributed by atoms with E-state index in [4.69, 9.17) is 0 Å². The molecule has 0 fully saturated rings. The summed E-state index contributed by atoms with van der Waals surface area (Å²) in [7, 11) is 0. The molecule has 0 aliphatic carbocycles. The lowest BCUT2D eigenvalue weighted by atomic mass is 10.1. The Hall–Kier alpha value is -2.52. The monoisotopic (exact) mass is 365 g/mol. The van der Waals surface area contributed by atoms with Crippen LogP contribution in [-0.2, 0) is 17.5 Å². The minimum atomic E-state index is -5.19. The number of hydrogen-bond donors (Lipinski definition) is 1. The first-order valence-electron chi connectivity index (χ1n) is 6.96. The van der Waals surface area contributed by atoms with Gasteiger partial charge in [-0.2, -0.15) is 26.3 Å². The van der Waals surface area contributed by atoms with Crippen molar-refractivity contribution in [1.29, 1.82) is 0 Å². The van der Waals surface area contributed by atoms with Crippen LogP contribution in [-0.4, -0.2) is 21.6 Å². The van der Waals surface area contributed by atoms with Crippen LogP contribution in [0.15, 0.2) is 24.5 Å². The van der Waals surface area contributed by atoms with Crippen molar-refractivity contribution >= 4 is 11.6 Å². The van der Waals surface area contributed by atoms with E-state index in [-0.39, 0.29) is 12.1 Å². The van der Waals surface area contributed by atoms with Gasteiger partial charge in [-0.15, -0.1) is 0 Å². The van der Waals surface area contributed by atoms with Crippen LogP contribution >= 0.6 is 0 Å². The van der Waals surface area contributed by atoms with Crippen LogP contribution in [0.5, 0.6) is 0 Å². The number of nitrogens with one attached hydrogen (secondary N) is 1. The molecule has 2 rings (SSSR count). The standard InChI is InChI=1S/C15H13F6N3O/c1-8-9(2)24(7-22-8)6-10-3-4-11(5-12(10)14(16,17)18)23-13(25)15(19,20)21/h3-5,7H,6H2,1-2H3,(H,23,25). The van der Waals surface area contributed by atoms with E-state index < -0.39 is 29.5 Å². The minimum Gasteiger partial charge on any atom is -0.330 e. The van der Waals surface area contributed by atoms with Crippen molar-refractivity contribution < 1.29 is 31.1 Å². The highest BCUT2D eigenvalue weighted by Gasteiger charge is 2.39. The Morgan fingerprint density at radius 1 is 1.16 bits per heavy atom. The van der Waals surface area contributed by atoms with Crippen LogP contribution < -0.4 is 5.32 Å². The van der Waals surface area contributed by atoms with E-state index in [0.717, 1.165) is 12.1 Å². The van der Waals surface area contributed by atoms with Crippen molar-refractivity contribution in [2.75, 3.05) is 5.32 Å². The number of halogens is 6. The van der Waals surface area contributed by atoms with E-state index in [1.807, 2.05) is 0 Å². The number of carbonyl (C=O) groups is 1. The highest BCUT2D eigenvalue weighted by Crippen LogP contribution is 2.34. The smallest absolute Gasteiger partial charge is 0.330 e. The fourth-order valence-electron chi connectivity index (χ4n) is 2.15. The second-order valence-corrected chi connectivity index (χ2v) is 5.36. The van der Waals surface area contributed by atoms with Crippen LogP contribution in [0, 0.1) is 13.8 Å². The van der Waals surface area contributed by atoms with Gasteiger partial charge >= 0.3 is 18.3 Å². The molecule has 0 atom stereocenters. The fraction of sp³-hybridized carbons (Fsp3) is 0.333. The van der Waals surface area contributed by atoms with Gasteiger partial charge in [-0.1, -0.05) is 6.07 Å². The third kappa shape index (κ3) is 4.31. The highest BCUT2D eigenvalue weighted by molar-refractivity contribution is 5.95. The normalized spacial score (nSPS) is 12.3. The molecule has 0 aliphatic heterocycles. The molecule has 1 N–H and O–H groups in total. The van der Waals surface area contributed by atoms with Crippen molar-refractivity contribution in [3.8, 4) is 0 Å². The van der Waals surface area contributed by atoms with Gasteiger partial charge in [-0.25, -0.2) is 4.98 Å². The number of imidazole rings is 1. The molecule has 1 amide bonds. The number of carbonyl (C=O) groups excluding carboxylic acids is 1. The van der Waals surface area contributed by atoms with Gasteiger partial charge in [0, 0.05) is 17.9 Å². The van der Waals surface area contributed by atoms with Crippen LogP contribution in [0.2, 0.25) is 0 Å². The molecule has 10 heteroatoms. The maximum atomic E-state index is 13.2. The number of nitrogens with zero attached hydrogens (tertiary/aromatic N) is 2. The zero-order valence-corrected chi connectivity index (χ0v) is 13.1. The van der Waals surface area contributed by atoms with Crippen LogP contribution in [0.1, 0.15) is 22.5 Å². The Kier molecular flexibility index (Phi) is 4.83. The van der Waals surface area contributed by atoms with Crippen molar-refractivity contribution in [3.63, 3.8) is 0 Å². The zero-order valence-electron chi connectivity index (χ0n) is 13.1. The molecule has 0 radical (unpaired) electrons. The van der Waals surface area contributed by atoms with Gasteiger partial charge in [-0.3, -0.25) is 4.79 Å². The molecule has 136 valence electrons. The Morgan fingerprint density at radius 3 is 2.28 bits per heavy atom. The van der Waals surface area contributed by atoms with Crippen LogP contribution in [0.3, 0.4) is 0 Å². The van der Waals surface area contributed by atoms with Crippen LogP contribution in [0.25, 0.3) is 0 Å². The average molecular weight is 365 g/mol. The van der Waals surface area contributed by atoms with Gasteiger partial charge in [0.2, 0.25) is 0 Å². The molecular formula is C15H13F6N3O. The van der Waals surface area contributed by atoms with E-state index in [1.54, 1.807) is 13.8 Å². The zero-order chi connectivity index (χ0) is 19.0. The molecule has 1 heterocycles. The molecule has 4 nitrogen and oxygen atoms in total. The predicted molar refractivity (Wildman–Crippen MR) is 76.9 cm³/mol. The summed E-state index contributed by atoms with van der Waals surface area (Å²) < 4.78 is 78.0. The van der Waals surface area contributed by atoms with Crippen molar-refractivity contribution in [3.05, 3.63) is 47.0 Å². The molecule has 0 unspecified atom stereocenters. The number of hydrogen-bond acceptors (Lipinski definition) is 2. The topological polar surface area (TPSA) is 46.9 Å². The molecule has 0 aliphatic rings. The first-order chi connectivity index (χ1) is 11.4. The third-order valence-corrected chi connectivity index (χ3v) is 3.62. The van der Waals surface area contributed by atoms with Crippen molar-refractivity contribution in [2.24, 2.45) is 0 Å². The maximum absolute atomic E-state index is 13.2. The second kappa shape index (κ2) is 6.41. The summed E-state index contributed by atoms with van der Waals surface area (Å²) in [6.07, 6.45) is -8.61. The van der Waals surface area contributed by atoms with Crippen molar-refractivity contribution in [1.82, 2.24) is 9.55 Å². The molecular weight excluding hydrogens is 352 g/mol. The molecule has 2 aromatic rings. The number of amides is 1. The predicted octanol–water partition coefficient (Wildman–Crippen LogP) is 4.07. The largest absolute Gasteiger partial charge is 0.471 e. The Morgan fingerprint density at radius 2 is 1.80 bits per heavy atom. The number of aromatic nitrogens is 2. The lowest BCUT2D eigenvalue weighted by Crippen LogP contribution is -2.30. The van der Waals surface area contributed by atoms with Gasteiger partial charge in [0.1, 0.15) is 0 Å². The van der Waals surface area contributed by atoms with Crippen molar-refractivity contribution in [2.45, 2.75) is 32.7 Å². The summed E-state index contributed by atoms with van der Waals surface area (Å²) in [5, 5.41) is 1.42. The lowest BCUT2D eigenvalue weighted by Gasteiger charge is -2.16. The number of anilines is 1. The summed E-state index contributed by atoms with van der Waals surface area (Å²) in [6, 6.07) is 2.51. The van der Waals surface area contributed by atoms with E-state index in [1.165, 1.54) is 16.2 Å². The summed E-state index contributed by atoms with van der Waals surface area (Å²) in [5.74, 6) is -2.34. The van der Waals surface area contributed by atoms with Crippen LogP contribution in [0.4, 0.5) is 32.0 Å². The van der Waals surface area contributed by atoms with E-state index in [9.17, 15) is 31.1 Å². The number of alkyl halides is 6. The van der Waals surface area contributed by atoms with Gasteiger partial charge in [0.25, 0.3) is 0 Å². The molecule has 0 bridgehead atoms.